The SMILES string of the molecule is C.FC(F)(F)SC(F)(F)F. The van der Waals surface area contributed by atoms with E-state index < -0.39 is 22.8 Å². The van der Waals surface area contributed by atoms with Crippen LogP contribution in [0.5, 0.6) is 0 Å². The van der Waals surface area contributed by atoms with Gasteiger partial charge in [-0.05, 0) is 0 Å². The molecule has 0 unspecified atom stereocenters. The van der Waals surface area contributed by atoms with Gasteiger partial charge in [-0.1, -0.05) is 7.43 Å². The van der Waals surface area contributed by atoms with E-state index in [-0.39, 0.29) is 7.43 Å². The molecule has 0 nitrogen and oxygen atoms in total. The summed E-state index contributed by atoms with van der Waals surface area (Å²) in [5.41, 5.74) is -10.4. The van der Waals surface area contributed by atoms with Crippen LogP contribution in [-0.2, 0) is 0 Å². The summed E-state index contributed by atoms with van der Waals surface area (Å²) in [6.07, 6.45) is 0. The van der Waals surface area contributed by atoms with E-state index in [1.807, 2.05) is 0 Å². The van der Waals surface area contributed by atoms with Crippen LogP contribution in [0.4, 0.5) is 26.3 Å². The molecule has 0 amide bonds. The highest BCUT2D eigenvalue weighted by Gasteiger charge is 2.45. The van der Waals surface area contributed by atoms with Gasteiger partial charge in [0.25, 0.3) is 0 Å². The van der Waals surface area contributed by atoms with E-state index in [1.165, 1.54) is 0 Å². The second-order valence-corrected chi connectivity index (χ2v) is 2.12. The number of halogens is 6. The van der Waals surface area contributed by atoms with Gasteiger partial charge < -0.3 is 0 Å². The van der Waals surface area contributed by atoms with E-state index in [9.17, 15) is 26.3 Å². The number of hydrogen-bond acceptors (Lipinski definition) is 1. The van der Waals surface area contributed by atoms with Crippen molar-refractivity contribution in [2.24, 2.45) is 0 Å². The minimum Gasteiger partial charge on any atom is -0.160 e. The molecular weight excluding hydrogens is 182 g/mol. The van der Waals surface area contributed by atoms with Crippen LogP contribution >= 0.6 is 11.8 Å². The van der Waals surface area contributed by atoms with Crippen molar-refractivity contribution in [2.75, 3.05) is 0 Å². The Morgan fingerprint density at radius 3 is 0.900 bits per heavy atom. The second kappa shape index (κ2) is 3.36. The van der Waals surface area contributed by atoms with Gasteiger partial charge in [-0.3, -0.25) is 0 Å². The average Bonchev–Trinajstić information content (AvgIpc) is 1.14. The highest BCUT2D eigenvalue weighted by atomic mass is 32.2. The average molecular weight is 186 g/mol. The van der Waals surface area contributed by atoms with Crippen LogP contribution < -0.4 is 0 Å². The van der Waals surface area contributed by atoms with E-state index >= 15 is 0 Å². The molecule has 0 fully saturated rings. The lowest BCUT2D eigenvalue weighted by Crippen LogP contribution is -2.11. The maximum absolute atomic E-state index is 10.8. The minimum atomic E-state index is -5.22. The second-order valence-electron chi connectivity index (χ2n) is 0.994. The van der Waals surface area contributed by atoms with Crippen LogP contribution in [-0.4, -0.2) is 11.0 Å². The summed E-state index contributed by atoms with van der Waals surface area (Å²) < 4.78 is 64.8. The molecule has 0 radical (unpaired) electrons. The number of hydrogen-bond donors (Lipinski definition) is 0. The summed E-state index contributed by atoms with van der Waals surface area (Å²) in [6.45, 7) is 0. The maximum atomic E-state index is 10.8. The summed E-state index contributed by atoms with van der Waals surface area (Å²) in [4.78, 5) is 0. The first-order valence-corrected chi connectivity index (χ1v) is 2.36. The molecule has 0 N–H and O–H groups in total. The Kier molecular flexibility index (Phi) is 4.23. The van der Waals surface area contributed by atoms with Crippen LogP contribution in [0.15, 0.2) is 0 Å². The van der Waals surface area contributed by atoms with Gasteiger partial charge in [0.15, 0.2) is 0 Å². The van der Waals surface area contributed by atoms with Gasteiger partial charge in [-0.2, -0.15) is 26.3 Å². The first-order chi connectivity index (χ1) is 3.71. The molecule has 0 aromatic carbocycles. The molecule has 7 heteroatoms. The molecule has 10 heavy (non-hydrogen) atoms. The lowest BCUT2D eigenvalue weighted by atomic mass is 11.5. The van der Waals surface area contributed by atoms with Gasteiger partial charge >= 0.3 is 11.0 Å². The Balaban J connectivity index is 0. The van der Waals surface area contributed by atoms with E-state index in [0.29, 0.717) is 0 Å². The standard InChI is InChI=1S/C2F6S.CH4/c3-1(4,5)9-2(6,7)8;/h;1H4. The molecule has 0 spiro atoms. The van der Waals surface area contributed by atoms with E-state index in [4.69, 9.17) is 0 Å². The van der Waals surface area contributed by atoms with Crippen LogP contribution in [0.1, 0.15) is 7.43 Å². The van der Waals surface area contributed by atoms with Crippen molar-refractivity contribution in [3.05, 3.63) is 0 Å². The van der Waals surface area contributed by atoms with Crippen molar-refractivity contribution in [3.8, 4) is 0 Å². The van der Waals surface area contributed by atoms with Crippen molar-refractivity contribution < 1.29 is 26.3 Å². The summed E-state index contributed by atoms with van der Waals surface area (Å²) in [7, 11) is 0. The van der Waals surface area contributed by atoms with Crippen molar-refractivity contribution in [1.29, 1.82) is 0 Å². The Labute approximate surface area is 57.6 Å². The fourth-order valence-corrected chi connectivity index (χ4v) is 0.394. The van der Waals surface area contributed by atoms with E-state index in [2.05, 4.69) is 0 Å². The van der Waals surface area contributed by atoms with E-state index in [0.717, 1.165) is 0 Å². The quantitative estimate of drug-likeness (QED) is 0.522. The van der Waals surface area contributed by atoms with Gasteiger partial charge in [0.1, 0.15) is 0 Å². The van der Waals surface area contributed by atoms with Gasteiger partial charge in [-0.25, -0.2) is 0 Å². The third-order valence-electron chi connectivity index (χ3n) is 0.231. The predicted octanol–water partition coefficient (Wildman–Crippen LogP) is 3.40. The molecule has 0 atom stereocenters. The summed E-state index contributed by atoms with van der Waals surface area (Å²) in [5, 5.41) is 0. The molecule has 0 aliphatic rings. The van der Waals surface area contributed by atoms with Gasteiger partial charge in [0.2, 0.25) is 0 Å². The zero-order valence-corrected chi connectivity index (χ0v) is 4.49. The third kappa shape index (κ3) is 10.8. The topological polar surface area (TPSA) is 0 Å². The smallest absolute Gasteiger partial charge is 0.160 e. The molecule has 0 saturated heterocycles. The number of rotatable bonds is 0. The molecule has 0 saturated carbocycles. The summed E-state index contributed by atoms with van der Waals surface area (Å²) in [5.74, 6) is 0. The molecule has 0 bridgehead atoms. The highest BCUT2D eigenvalue weighted by molar-refractivity contribution is 8.00. The van der Waals surface area contributed by atoms with Crippen LogP contribution in [0.3, 0.4) is 0 Å². The van der Waals surface area contributed by atoms with Crippen molar-refractivity contribution >= 4 is 11.8 Å². The van der Waals surface area contributed by atoms with Crippen LogP contribution in [0.25, 0.3) is 0 Å². The number of thioether (sulfide) groups is 1. The molecule has 64 valence electrons. The van der Waals surface area contributed by atoms with Crippen LogP contribution in [0, 0.1) is 0 Å². The van der Waals surface area contributed by atoms with Gasteiger partial charge in [0, 0.05) is 0 Å². The third-order valence-corrected chi connectivity index (χ3v) is 0.694. The lowest BCUT2D eigenvalue weighted by molar-refractivity contribution is -0.0696. The normalized spacial score (nSPS) is 12.6. The summed E-state index contributed by atoms with van der Waals surface area (Å²) >= 11 is -1.99. The molecule has 0 aliphatic carbocycles. The maximum Gasteiger partial charge on any atom is 0.450 e. The fraction of sp³-hybridized carbons (Fsp3) is 1.00. The first-order valence-electron chi connectivity index (χ1n) is 1.54. The zero-order chi connectivity index (χ0) is 7.71. The summed E-state index contributed by atoms with van der Waals surface area (Å²) in [6, 6.07) is 0. The first kappa shape index (κ1) is 12.6. The minimum absolute atomic E-state index is 0. The molecule has 0 aromatic rings. The predicted molar refractivity (Wildman–Crippen MR) is 26.4 cm³/mol. The molecule has 0 rings (SSSR count). The molecule has 0 aliphatic heterocycles. The van der Waals surface area contributed by atoms with Crippen molar-refractivity contribution in [1.82, 2.24) is 0 Å². The lowest BCUT2D eigenvalue weighted by Gasteiger charge is -2.06. The Morgan fingerprint density at radius 1 is 0.700 bits per heavy atom. The molecule has 0 aromatic heterocycles. The van der Waals surface area contributed by atoms with Crippen LogP contribution in [0.2, 0.25) is 0 Å². The largest absolute Gasteiger partial charge is 0.450 e. The van der Waals surface area contributed by atoms with E-state index in [1.54, 1.807) is 0 Å². The Morgan fingerprint density at radius 2 is 0.900 bits per heavy atom. The molecular formula is C3H4F6S. The Hall–Kier alpha value is -0.0700. The number of alkyl halides is 6. The zero-order valence-electron chi connectivity index (χ0n) is 3.68. The fourth-order valence-electron chi connectivity index (χ4n) is 0.131. The van der Waals surface area contributed by atoms with Crippen molar-refractivity contribution in [2.45, 2.75) is 18.4 Å². The van der Waals surface area contributed by atoms with Gasteiger partial charge in [0.05, 0.1) is 11.8 Å². The Bertz CT molecular complexity index is 78.1. The van der Waals surface area contributed by atoms with Crippen molar-refractivity contribution in [3.63, 3.8) is 0 Å². The monoisotopic (exact) mass is 186 g/mol. The molecule has 0 heterocycles. The highest BCUT2D eigenvalue weighted by Crippen LogP contribution is 2.43. The van der Waals surface area contributed by atoms with Gasteiger partial charge in [-0.15, -0.1) is 0 Å².